The zero-order valence-electron chi connectivity index (χ0n) is 14.7. The first kappa shape index (κ1) is 18.9. The molecule has 0 radical (unpaired) electrons. The second-order valence-corrected chi connectivity index (χ2v) is 9.07. The van der Waals surface area contributed by atoms with E-state index < -0.39 is 10.0 Å². The summed E-state index contributed by atoms with van der Waals surface area (Å²) < 4.78 is 27.2. The number of hydrogen-bond donors (Lipinski definition) is 1. The highest BCUT2D eigenvalue weighted by atomic mass is 32.2. The van der Waals surface area contributed by atoms with E-state index >= 15 is 0 Å². The van der Waals surface area contributed by atoms with Gasteiger partial charge in [-0.2, -0.15) is 9.57 Å². The molecule has 7 heteroatoms. The number of nitrogens with one attached hydrogen (secondary N) is 1. The summed E-state index contributed by atoms with van der Waals surface area (Å²) >= 11 is 1.72. The predicted molar refractivity (Wildman–Crippen MR) is 103 cm³/mol. The molecule has 1 N–H and O–H groups in total. The van der Waals surface area contributed by atoms with Gasteiger partial charge in [0.15, 0.2) is 0 Å². The molecule has 1 saturated heterocycles. The molecule has 0 unspecified atom stereocenters. The molecule has 5 nitrogen and oxygen atoms in total. The summed E-state index contributed by atoms with van der Waals surface area (Å²) in [4.78, 5) is 2.73. The largest absolute Gasteiger partial charge is 0.329 e. The maximum Gasteiger partial charge on any atom is 0.244 e. The maximum absolute atomic E-state index is 12.9. The molecule has 3 rings (SSSR count). The molecule has 1 aliphatic heterocycles. The highest BCUT2D eigenvalue weighted by Gasteiger charge is 2.31. The van der Waals surface area contributed by atoms with Crippen molar-refractivity contribution in [3.05, 3.63) is 59.7 Å². The summed E-state index contributed by atoms with van der Waals surface area (Å²) in [6.07, 6.45) is 2.06. The molecule has 0 spiro atoms. The fourth-order valence-electron chi connectivity index (χ4n) is 3.17. The van der Waals surface area contributed by atoms with Crippen molar-refractivity contribution in [2.75, 3.05) is 32.4 Å². The molecule has 0 saturated carbocycles. The van der Waals surface area contributed by atoms with Crippen LogP contribution in [0.2, 0.25) is 0 Å². The summed E-state index contributed by atoms with van der Waals surface area (Å²) in [6, 6.07) is 16.9. The predicted octanol–water partition coefficient (Wildman–Crippen LogP) is 1.37. The molecule has 1 heterocycles. The van der Waals surface area contributed by atoms with E-state index in [4.69, 9.17) is 0 Å². The maximum atomic E-state index is 12.9. The van der Waals surface area contributed by atoms with E-state index in [1.54, 1.807) is 30.0 Å². The van der Waals surface area contributed by atoms with Crippen molar-refractivity contribution in [1.82, 2.24) is 4.31 Å². The molecule has 26 heavy (non-hydrogen) atoms. The zero-order valence-corrected chi connectivity index (χ0v) is 16.3. The van der Waals surface area contributed by atoms with Crippen molar-refractivity contribution in [2.24, 2.45) is 0 Å². The fourth-order valence-corrected chi connectivity index (χ4v) is 5.17. The smallest absolute Gasteiger partial charge is 0.244 e. The average molecular weight is 389 g/mol. The van der Waals surface area contributed by atoms with Crippen LogP contribution in [-0.2, 0) is 16.6 Å². The van der Waals surface area contributed by atoms with Crippen LogP contribution in [0.3, 0.4) is 0 Å². The molecule has 136 valence electrons. The Morgan fingerprint density at radius 2 is 1.77 bits per heavy atom. The topological polar surface area (TPSA) is 65.6 Å². The molecule has 2 aromatic carbocycles. The van der Waals surface area contributed by atoms with Crippen molar-refractivity contribution in [2.45, 2.75) is 16.3 Å². The molecule has 0 atom stereocenters. The minimum absolute atomic E-state index is 0.110. The normalized spacial score (nSPS) is 16.3. The van der Waals surface area contributed by atoms with Gasteiger partial charge in [-0.05, 0) is 30.5 Å². The average Bonchev–Trinajstić information content (AvgIpc) is 2.69. The first-order valence-corrected chi connectivity index (χ1v) is 11.2. The fraction of sp³-hybridized carbons (Fsp3) is 0.316. The highest BCUT2D eigenvalue weighted by molar-refractivity contribution is 7.98. The Balaban J connectivity index is 1.65. The number of nitrogens with zero attached hydrogens (tertiary/aromatic N) is 2. The Bertz CT molecular complexity index is 897. The summed E-state index contributed by atoms with van der Waals surface area (Å²) in [7, 11) is -3.62. The first-order chi connectivity index (χ1) is 12.5. The molecule has 2 aromatic rings. The van der Waals surface area contributed by atoms with Crippen molar-refractivity contribution in [3.63, 3.8) is 0 Å². The second kappa shape index (κ2) is 8.23. The van der Waals surface area contributed by atoms with E-state index in [0.29, 0.717) is 13.1 Å². The number of sulfonamides is 1. The van der Waals surface area contributed by atoms with Crippen LogP contribution in [0.5, 0.6) is 0 Å². The standard InChI is InChI=1S/C19H21N3O2S2/c1-25-18-8-6-16(7-9-18)15-21-10-12-22(13-11-21)26(23,24)19-5-3-2-4-17(19)14-20/h2-9H,10-13,15H2,1H3/p+1. The monoisotopic (exact) mass is 388 g/mol. The third-order valence-electron chi connectivity index (χ3n) is 4.67. The zero-order chi connectivity index (χ0) is 18.6. The molecule has 1 fully saturated rings. The van der Waals surface area contributed by atoms with Gasteiger partial charge in [0.2, 0.25) is 10.0 Å². The van der Waals surface area contributed by atoms with Gasteiger partial charge in [0.1, 0.15) is 12.6 Å². The number of piperazine rings is 1. The lowest BCUT2D eigenvalue weighted by molar-refractivity contribution is -0.917. The SMILES string of the molecule is CSc1ccc(C[NH+]2CCN(S(=O)(=O)c3ccccc3C#N)CC2)cc1. The van der Waals surface area contributed by atoms with Crippen LogP contribution in [0.4, 0.5) is 0 Å². The van der Waals surface area contributed by atoms with Crippen LogP contribution in [0.25, 0.3) is 0 Å². The van der Waals surface area contributed by atoms with Crippen molar-refractivity contribution >= 4 is 21.8 Å². The molecule has 0 aliphatic carbocycles. The lowest BCUT2D eigenvalue weighted by atomic mass is 10.2. The summed E-state index contributed by atoms with van der Waals surface area (Å²) in [5, 5.41) is 9.19. The lowest BCUT2D eigenvalue weighted by Crippen LogP contribution is -3.13. The van der Waals surface area contributed by atoms with Crippen LogP contribution in [0, 0.1) is 11.3 Å². The van der Waals surface area contributed by atoms with Gasteiger partial charge in [0.25, 0.3) is 0 Å². The minimum atomic E-state index is -3.62. The van der Waals surface area contributed by atoms with Gasteiger partial charge in [-0.25, -0.2) is 8.42 Å². The third kappa shape index (κ3) is 4.10. The van der Waals surface area contributed by atoms with Gasteiger partial charge in [0.05, 0.1) is 36.6 Å². The quantitative estimate of drug-likeness (QED) is 0.786. The van der Waals surface area contributed by atoms with Gasteiger partial charge in [0, 0.05) is 10.5 Å². The molecular formula is C19H22N3O2S2+. The van der Waals surface area contributed by atoms with Crippen LogP contribution in [0.1, 0.15) is 11.1 Å². The lowest BCUT2D eigenvalue weighted by Gasteiger charge is -2.31. The van der Waals surface area contributed by atoms with E-state index in [9.17, 15) is 13.7 Å². The van der Waals surface area contributed by atoms with Gasteiger partial charge >= 0.3 is 0 Å². The summed E-state index contributed by atoms with van der Waals surface area (Å²) in [5.41, 5.74) is 1.47. The van der Waals surface area contributed by atoms with E-state index in [1.807, 2.05) is 6.07 Å². The number of quaternary nitrogens is 1. The van der Waals surface area contributed by atoms with Crippen LogP contribution < -0.4 is 4.90 Å². The Morgan fingerprint density at radius 1 is 1.12 bits per heavy atom. The van der Waals surface area contributed by atoms with Crippen LogP contribution in [-0.4, -0.2) is 45.2 Å². The van der Waals surface area contributed by atoms with E-state index in [1.165, 1.54) is 25.7 Å². The van der Waals surface area contributed by atoms with Crippen LogP contribution in [0.15, 0.2) is 58.3 Å². The third-order valence-corrected chi connectivity index (χ3v) is 7.37. The molecular weight excluding hydrogens is 366 g/mol. The number of thioether (sulfide) groups is 1. The molecule has 1 aliphatic rings. The minimum Gasteiger partial charge on any atom is -0.329 e. The van der Waals surface area contributed by atoms with Gasteiger partial charge in [-0.1, -0.05) is 24.3 Å². The molecule has 0 amide bonds. The Labute approximate surface area is 159 Å². The van der Waals surface area contributed by atoms with Gasteiger partial charge < -0.3 is 4.90 Å². The molecule has 0 aromatic heterocycles. The van der Waals surface area contributed by atoms with Gasteiger partial charge in [-0.15, -0.1) is 11.8 Å². The van der Waals surface area contributed by atoms with Gasteiger partial charge in [-0.3, -0.25) is 0 Å². The second-order valence-electron chi connectivity index (χ2n) is 6.29. The summed E-state index contributed by atoms with van der Waals surface area (Å²) in [6.45, 7) is 3.37. The Hall–Kier alpha value is -1.85. The number of rotatable bonds is 5. The Kier molecular flexibility index (Phi) is 5.99. The summed E-state index contributed by atoms with van der Waals surface area (Å²) in [5.74, 6) is 0. The van der Waals surface area contributed by atoms with E-state index in [0.717, 1.165) is 19.6 Å². The Morgan fingerprint density at radius 3 is 2.38 bits per heavy atom. The van der Waals surface area contributed by atoms with Crippen molar-refractivity contribution < 1.29 is 13.3 Å². The first-order valence-electron chi connectivity index (χ1n) is 8.50. The van der Waals surface area contributed by atoms with Crippen molar-refractivity contribution in [3.8, 4) is 6.07 Å². The van der Waals surface area contributed by atoms with E-state index in [-0.39, 0.29) is 10.5 Å². The number of nitriles is 1. The molecule has 0 bridgehead atoms. The number of benzene rings is 2. The number of hydrogen-bond acceptors (Lipinski definition) is 4. The van der Waals surface area contributed by atoms with Crippen molar-refractivity contribution in [1.29, 1.82) is 5.26 Å². The van der Waals surface area contributed by atoms with E-state index in [2.05, 4.69) is 30.5 Å². The van der Waals surface area contributed by atoms with Crippen LogP contribution >= 0.6 is 11.8 Å². The highest BCUT2D eigenvalue weighted by Crippen LogP contribution is 2.19.